The van der Waals surface area contributed by atoms with Crippen molar-refractivity contribution in [1.29, 1.82) is 0 Å². The molecule has 0 bridgehead atoms. The van der Waals surface area contributed by atoms with Gasteiger partial charge in [-0.05, 0) is 38.3 Å². The molecule has 0 aromatic heterocycles. The number of hydrogen-bond acceptors (Lipinski definition) is 2. The minimum absolute atomic E-state index is 0.216. The van der Waals surface area contributed by atoms with E-state index in [1.165, 1.54) is 81.9 Å². The highest BCUT2D eigenvalue weighted by molar-refractivity contribution is 9.14. The lowest BCUT2D eigenvalue weighted by molar-refractivity contribution is -0.137. The normalized spacial score (nSPS) is 14.9. The van der Waals surface area contributed by atoms with E-state index in [-0.39, 0.29) is 11.8 Å². The van der Waals surface area contributed by atoms with Crippen LogP contribution in [-0.2, 0) is 9.59 Å². The zero-order valence-corrected chi connectivity index (χ0v) is 18.8. The fourth-order valence-electron chi connectivity index (χ4n) is 3.18. The fraction of sp³-hybridized carbons (Fsp3) is 0.800. The van der Waals surface area contributed by atoms with Gasteiger partial charge in [-0.3, -0.25) is 14.5 Å². The Balaban J connectivity index is 1.87. The first-order chi connectivity index (χ1) is 12.1. The Labute approximate surface area is 170 Å². The van der Waals surface area contributed by atoms with Gasteiger partial charge in [-0.15, -0.1) is 0 Å². The summed E-state index contributed by atoms with van der Waals surface area (Å²) in [6.07, 6.45) is 18.2. The first kappa shape index (κ1) is 22.9. The molecule has 25 heavy (non-hydrogen) atoms. The Morgan fingerprint density at radius 2 is 0.920 bits per heavy atom. The highest BCUT2D eigenvalue weighted by Crippen LogP contribution is 2.29. The number of hydrogen-bond donors (Lipinski definition) is 0. The van der Waals surface area contributed by atoms with E-state index < -0.39 is 0 Å². The van der Waals surface area contributed by atoms with Crippen molar-refractivity contribution < 1.29 is 9.59 Å². The molecule has 1 rings (SSSR count). The monoisotopic (exact) mass is 477 g/mol. The third-order valence-electron chi connectivity index (χ3n) is 4.79. The quantitative estimate of drug-likeness (QED) is 0.191. The molecule has 1 aliphatic heterocycles. The number of carbonyl (C=O) groups is 2. The maximum atomic E-state index is 11.9. The lowest BCUT2D eigenvalue weighted by Crippen LogP contribution is -2.32. The van der Waals surface area contributed by atoms with E-state index in [0.717, 1.165) is 12.8 Å². The molecule has 1 aliphatic rings. The molecule has 0 atom stereocenters. The molecule has 0 saturated heterocycles. The minimum Gasteiger partial charge on any atom is -0.273 e. The van der Waals surface area contributed by atoms with Crippen LogP contribution < -0.4 is 0 Å². The summed E-state index contributed by atoms with van der Waals surface area (Å²) >= 11 is 6.31. The van der Waals surface area contributed by atoms with Crippen LogP contribution in [0.15, 0.2) is 8.96 Å². The van der Waals surface area contributed by atoms with Gasteiger partial charge < -0.3 is 0 Å². The molecular formula is C20H33Br2NO2. The van der Waals surface area contributed by atoms with E-state index in [1.54, 1.807) is 0 Å². The second-order valence-corrected chi connectivity index (χ2v) is 8.57. The average Bonchev–Trinajstić information content (AvgIpc) is 2.79. The molecule has 0 aromatic carbocycles. The Morgan fingerprint density at radius 1 is 0.600 bits per heavy atom. The van der Waals surface area contributed by atoms with E-state index in [2.05, 4.69) is 38.8 Å². The Kier molecular flexibility index (Phi) is 12.8. The highest BCUT2D eigenvalue weighted by Gasteiger charge is 2.35. The van der Waals surface area contributed by atoms with Crippen molar-refractivity contribution in [2.45, 2.75) is 96.8 Å². The van der Waals surface area contributed by atoms with Crippen LogP contribution in [-0.4, -0.2) is 23.3 Å². The number of unbranched alkanes of at least 4 members (excludes halogenated alkanes) is 13. The topological polar surface area (TPSA) is 37.4 Å². The zero-order chi connectivity index (χ0) is 18.5. The fourth-order valence-corrected chi connectivity index (χ4v) is 3.95. The number of amides is 2. The van der Waals surface area contributed by atoms with Crippen LogP contribution in [0.2, 0.25) is 0 Å². The number of imide groups is 1. The van der Waals surface area contributed by atoms with E-state index in [1.807, 2.05) is 0 Å². The first-order valence-corrected chi connectivity index (χ1v) is 11.6. The molecule has 0 unspecified atom stereocenters. The maximum absolute atomic E-state index is 11.9. The van der Waals surface area contributed by atoms with Gasteiger partial charge in [0.15, 0.2) is 0 Å². The van der Waals surface area contributed by atoms with Crippen molar-refractivity contribution in [1.82, 2.24) is 4.90 Å². The molecule has 0 N–H and O–H groups in total. The molecule has 0 saturated carbocycles. The van der Waals surface area contributed by atoms with E-state index in [9.17, 15) is 9.59 Å². The molecular weight excluding hydrogens is 446 g/mol. The van der Waals surface area contributed by atoms with E-state index in [4.69, 9.17) is 0 Å². The first-order valence-electron chi connectivity index (χ1n) is 10.0. The molecule has 0 aliphatic carbocycles. The smallest absolute Gasteiger partial charge is 0.269 e. The van der Waals surface area contributed by atoms with Gasteiger partial charge in [0.05, 0.1) is 0 Å². The summed E-state index contributed by atoms with van der Waals surface area (Å²) in [7, 11) is 0. The zero-order valence-electron chi connectivity index (χ0n) is 15.6. The van der Waals surface area contributed by atoms with Gasteiger partial charge in [-0.1, -0.05) is 90.4 Å². The summed E-state index contributed by atoms with van der Waals surface area (Å²) in [4.78, 5) is 25.1. The van der Waals surface area contributed by atoms with Crippen molar-refractivity contribution in [3.05, 3.63) is 8.96 Å². The molecule has 5 heteroatoms. The second-order valence-electron chi connectivity index (χ2n) is 6.99. The summed E-state index contributed by atoms with van der Waals surface area (Å²) in [5.74, 6) is -0.432. The van der Waals surface area contributed by atoms with Gasteiger partial charge in [-0.25, -0.2) is 0 Å². The lowest BCUT2D eigenvalue weighted by Gasteiger charge is -2.13. The summed E-state index contributed by atoms with van der Waals surface area (Å²) in [5, 5.41) is 0. The summed E-state index contributed by atoms with van der Waals surface area (Å²) in [6, 6.07) is 0. The molecule has 3 nitrogen and oxygen atoms in total. The predicted octanol–water partition coefficient (Wildman–Crippen LogP) is 6.84. The number of halogens is 2. The molecule has 0 aromatic rings. The third-order valence-corrected chi connectivity index (χ3v) is 6.80. The van der Waals surface area contributed by atoms with Crippen molar-refractivity contribution in [2.75, 3.05) is 6.54 Å². The van der Waals surface area contributed by atoms with Crippen molar-refractivity contribution in [3.63, 3.8) is 0 Å². The van der Waals surface area contributed by atoms with Crippen LogP contribution in [0.4, 0.5) is 0 Å². The summed E-state index contributed by atoms with van der Waals surface area (Å²) in [5.41, 5.74) is 0. The molecule has 2 amide bonds. The van der Waals surface area contributed by atoms with Gasteiger partial charge in [0, 0.05) is 6.54 Å². The number of rotatable bonds is 15. The highest BCUT2D eigenvalue weighted by atomic mass is 79.9. The van der Waals surface area contributed by atoms with Gasteiger partial charge in [0.25, 0.3) is 11.8 Å². The maximum Gasteiger partial charge on any atom is 0.269 e. The third kappa shape index (κ3) is 8.85. The van der Waals surface area contributed by atoms with Gasteiger partial charge in [0.1, 0.15) is 8.96 Å². The number of carbonyl (C=O) groups excluding carboxylic acids is 2. The Morgan fingerprint density at radius 3 is 1.28 bits per heavy atom. The van der Waals surface area contributed by atoms with E-state index in [0.29, 0.717) is 15.5 Å². The van der Waals surface area contributed by atoms with Crippen molar-refractivity contribution in [3.8, 4) is 0 Å². The van der Waals surface area contributed by atoms with Crippen molar-refractivity contribution in [2.24, 2.45) is 0 Å². The molecule has 144 valence electrons. The lowest BCUT2D eigenvalue weighted by atomic mass is 10.0. The largest absolute Gasteiger partial charge is 0.273 e. The standard InChI is InChI=1S/C20H33Br2NO2/c1-2-3-4-5-6-7-8-9-10-11-12-13-14-15-16-23-19(24)17(21)18(22)20(23)25/h2-16H2,1H3. The van der Waals surface area contributed by atoms with E-state index >= 15 is 0 Å². The molecule has 0 fully saturated rings. The Bertz CT molecular complexity index is 425. The van der Waals surface area contributed by atoms with Gasteiger partial charge in [0.2, 0.25) is 0 Å². The molecule has 0 spiro atoms. The Hall–Kier alpha value is -0.160. The number of nitrogens with zero attached hydrogens (tertiary/aromatic N) is 1. The minimum atomic E-state index is -0.216. The summed E-state index contributed by atoms with van der Waals surface area (Å²) < 4.78 is 0.700. The van der Waals surface area contributed by atoms with Crippen LogP contribution in [0.1, 0.15) is 96.8 Å². The average molecular weight is 479 g/mol. The van der Waals surface area contributed by atoms with Crippen LogP contribution in [0.5, 0.6) is 0 Å². The van der Waals surface area contributed by atoms with Gasteiger partial charge in [-0.2, -0.15) is 0 Å². The summed E-state index contributed by atoms with van der Waals surface area (Å²) in [6.45, 7) is 2.79. The van der Waals surface area contributed by atoms with Gasteiger partial charge >= 0.3 is 0 Å². The van der Waals surface area contributed by atoms with Crippen LogP contribution in [0, 0.1) is 0 Å². The second kappa shape index (κ2) is 14.0. The van der Waals surface area contributed by atoms with Crippen LogP contribution in [0.3, 0.4) is 0 Å². The predicted molar refractivity (Wildman–Crippen MR) is 112 cm³/mol. The molecule has 1 heterocycles. The SMILES string of the molecule is CCCCCCCCCCCCCCCCN1C(=O)C(Br)=C(Br)C1=O. The molecule has 0 radical (unpaired) electrons. The van der Waals surface area contributed by atoms with Crippen LogP contribution >= 0.6 is 31.9 Å². The van der Waals surface area contributed by atoms with Crippen LogP contribution in [0.25, 0.3) is 0 Å². The van der Waals surface area contributed by atoms with Crippen molar-refractivity contribution >= 4 is 43.7 Å².